The first-order valence-corrected chi connectivity index (χ1v) is 5.31. The lowest BCUT2D eigenvalue weighted by atomic mass is 10.1. The third-order valence-electron chi connectivity index (χ3n) is 3.02. The standard InChI is InChI=1S/C12H18N2/c1-10-2-4-12(5-3-10)14-7-6-11(8-13)9-14/h2-5,11H,6-9,13H2,1H3. The number of anilines is 1. The van der Waals surface area contributed by atoms with Crippen LogP contribution in [0.1, 0.15) is 12.0 Å². The summed E-state index contributed by atoms with van der Waals surface area (Å²) < 4.78 is 0. The number of rotatable bonds is 2. The van der Waals surface area contributed by atoms with Crippen LogP contribution in [-0.2, 0) is 0 Å². The summed E-state index contributed by atoms with van der Waals surface area (Å²) in [5.74, 6) is 0.691. The molecule has 0 amide bonds. The van der Waals surface area contributed by atoms with Crippen molar-refractivity contribution in [1.29, 1.82) is 0 Å². The molecule has 1 fully saturated rings. The number of nitrogens with zero attached hydrogens (tertiary/aromatic N) is 1. The van der Waals surface area contributed by atoms with Crippen molar-refractivity contribution in [3.05, 3.63) is 29.8 Å². The number of hydrogen-bond acceptors (Lipinski definition) is 2. The summed E-state index contributed by atoms with van der Waals surface area (Å²) >= 11 is 0. The smallest absolute Gasteiger partial charge is 0.0366 e. The first-order chi connectivity index (χ1) is 6.79. The van der Waals surface area contributed by atoms with E-state index >= 15 is 0 Å². The summed E-state index contributed by atoms with van der Waals surface area (Å²) in [4.78, 5) is 2.43. The van der Waals surface area contributed by atoms with Crippen LogP contribution in [0.25, 0.3) is 0 Å². The number of benzene rings is 1. The molecule has 2 rings (SSSR count). The minimum Gasteiger partial charge on any atom is -0.371 e. The van der Waals surface area contributed by atoms with Gasteiger partial charge >= 0.3 is 0 Å². The highest BCUT2D eigenvalue weighted by Crippen LogP contribution is 2.23. The molecule has 2 N–H and O–H groups in total. The van der Waals surface area contributed by atoms with Crippen molar-refractivity contribution < 1.29 is 0 Å². The molecule has 1 atom stereocenters. The zero-order valence-corrected chi connectivity index (χ0v) is 8.74. The summed E-state index contributed by atoms with van der Waals surface area (Å²) in [7, 11) is 0. The highest BCUT2D eigenvalue weighted by atomic mass is 15.2. The van der Waals surface area contributed by atoms with Gasteiger partial charge in [-0.25, -0.2) is 0 Å². The van der Waals surface area contributed by atoms with E-state index in [-0.39, 0.29) is 0 Å². The molecular formula is C12H18N2. The molecule has 0 aromatic heterocycles. The Labute approximate surface area is 85.7 Å². The van der Waals surface area contributed by atoms with Crippen molar-refractivity contribution in [1.82, 2.24) is 0 Å². The van der Waals surface area contributed by atoms with Crippen molar-refractivity contribution in [2.45, 2.75) is 13.3 Å². The Morgan fingerprint density at radius 3 is 2.64 bits per heavy atom. The van der Waals surface area contributed by atoms with Gasteiger partial charge in [0.1, 0.15) is 0 Å². The summed E-state index contributed by atoms with van der Waals surface area (Å²) in [5.41, 5.74) is 8.33. The van der Waals surface area contributed by atoms with Gasteiger partial charge < -0.3 is 10.6 Å². The second kappa shape index (κ2) is 4.01. The summed E-state index contributed by atoms with van der Waals surface area (Å²) in [5, 5.41) is 0. The Kier molecular flexibility index (Phi) is 2.73. The lowest BCUT2D eigenvalue weighted by molar-refractivity contribution is 0.602. The summed E-state index contributed by atoms with van der Waals surface area (Å²) in [6.07, 6.45) is 1.24. The van der Waals surface area contributed by atoms with Crippen LogP contribution in [0.3, 0.4) is 0 Å². The van der Waals surface area contributed by atoms with Crippen LogP contribution in [0.4, 0.5) is 5.69 Å². The third-order valence-corrected chi connectivity index (χ3v) is 3.02. The highest BCUT2D eigenvalue weighted by Gasteiger charge is 2.20. The van der Waals surface area contributed by atoms with E-state index < -0.39 is 0 Å². The van der Waals surface area contributed by atoms with E-state index in [1.807, 2.05) is 0 Å². The molecule has 76 valence electrons. The minimum absolute atomic E-state index is 0.691. The second-order valence-electron chi connectivity index (χ2n) is 4.17. The molecule has 0 spiro atoms. The first-order valence-electron chi connectivity index (χ1n) is 5.31. The number of hydrogen-bond donors (Lipinski definition) is 1. The molecule has 1 aliphatic rings. The Hall–Kier alpha value is -1.02. The SMILES string of the molecule is Cc1ccc(N2CCC(CN)C2)cc1. The van der Waals surface area contributed by atoms with Crippen LogP contribution >= 0.6 is 0 Å². The van der Waals surface area contributed by atoms with Crippen molar-refractivity contribution in [3.8, 4) is 0 Å². The van der Waals surface area contributed by atoms with Gasteiger partial charge in [0.25, 0.3) is 0 Å². The molecule has 0 radical (unpaired) electrons. The van der Waals surface area contributed by atoms with Crippen LogP contribution in [0.5, 0.6) is 0 Å². The van der Waals surface area contributed by atoms with E-state index in [9.17, 15) is 0 Å². The normalized spacial score (nSPS) is 21.6. The van der Waals surface area contributed by atoms with E-state index in [0.29, 0.717) is 5.92 Å². The van der Waals surface area contributed by atoms with Crippen molar-refractivity contribution in [3.63, 3.8) is 0 Å². The Balaban J connectivity index is 2.06. The van der Waals surface area contributed by atoms with Crippen molar-refractivity contribution in [2.24, 2.45) is 11.7 Å². The van der Waals surface area contributed by atoms with Crippen LogP contribution in [0, 0.1) is 12.8 Å². The van der Waals surface area contributed by atoms with Gasteiger partial charge in [-0.3, -0.25) is 0 Å². The molecule has 0 saturated carbocycles. The molecular weight excluding hydrogens is 172 g/mol. The van der Waals surface area contributed by atoms with E-state index in [1.165, 1.54) is 17.7 Å². The quantitative estimate of drug-likeness (QED) is 0.770. The Morgan fingerprint density at radius 2 is 2.07 bits per heavy atom. The zero-order chi connectivity index (χ0) is 9.97. The molecule has 0 bridgehead atoms. The molecule has 1 aromatic rings. The molecule has 1 heterocycles. The van der Waals surface area contributed by atoms with E-state index in [0.717, 1.165) is 19.6 Å². The van der Waals surface area contributed by atoms with Gasteiger partial charge in [0.15, 0.2) is 0 Å². The van der Waals surface area contributed by atoms with E-state index in [4.69, 9.17) is 5.73 Å². The molecule has 1 saturated heterocycles. The van der Waals surface area contributed by atoms with Crippen LogP contribution in [0.15, 0.2) is 24.3 Å². The summed E-state index contributed by atoms with van der Waals surface area (Å²) in [6.45, 7) is 5.23. The second-order valence-corrected chi connectivity index (χ2v) is 4.17. The largest absolute Gasteiger partial charge is 0.371 e. The average molecular weight is 190 g/mol. The van der Waals surface area contributed by atoms with Gasteiger partial charge in [0.2, 0.25) is 0 Å². The lowest BCUT2D eigenvalue weighted by Crippen LogP contribution is -2.22. The number of nitrogens with two attached hydrogens (primary N) is 1. The predicted octanol–water partition coefficient (Wildman–Crippen LogP) is 1.78. The number of aryl methyl sites for hydroxylation is 1. The van der Waals surface area contributed by atoms with Crippen LogP contribution in [-0.4, -0.2) is 19.6 Å². The maximum absolute atomic E-state index is 5.67. The highest BCUT2D eigenvalue weighted by molar-refractivity contribution is 5.48. The molecule has 2 nitrogen and oxygen atoms in total. The maximum Gasteiger partial charge on any atom is 0.0366 e. The monoisotopic (exact) mass is 190 g/mol. The Bertz CT molecular complexity index is 292. The summed E-state index contributed by atoms with van der Waals surface area (Å²) in [6, 6.07) is 8.75. The molecule has 1 aromatic carbocycles. The van der Waals surface area contributed by atoms with Gasteiger partial charge in [-0.15, -0.1) is 0 Å². The van der Waals surface area contributed by atoms with Crippen LogP contribution < -0.4 is 10.6 Å². The van der Waals surface area contributed by atoms with Crippen LogP contribution in [0.2, 0.25) is 0 Å². The van der Waals surface area contributed by atoms with E-state index in [2.05, 4.69) is 36.1 Å². The van der Waals surface area contributed by atoms with Crippen molar-refractivity contribution >= 4 is 5.69 Å². The first kappa shape index (κ1) is 9.53. The minimum atomic E-state index is 0.691. The van der Waals surface area contributed by atoms with Gasteiger partial charge in [-0.2, -0.15) is 0 Å². The molecule has 0 aliphatic carbocycles. The van der Waals surface area contributed by atoms with Gasteiger partial charge in [-0.1, -0.05) is 17.7 Å². The zero-order valence-electron chi connectivity index (χ0n) is 8.74. The van der Waals surface area contributed by atoms with E-state index in [1.54, 1.807) is 0 Å². The molecule has 1 aliphatic heterocycles. The third kappa shape index (κ3) is 1.90. The Morgan fingerprint density at radius 1 is 1.36 bits per heavy atom. The van der Waals surface area contributed by atoms with Gasteiger partial charge in [0, 0.05) is 18.8 Å². The van der Waals surface area contributed by atoms with Gasteiger partial charge in [-0.05, 0) is 37.9 Å². The predicted molar refractivity (Wildman–Crippen MR) is 60.6 cm³/mol. The van der Waals surface area contributed by atoms with Gasteiger partial charge in [0.05, 0.1) is 0 Å². The molecule has 1 unspecified atom stereocenters. The molecule has 14 heavy (non-hydrogen) atoms. The molecule has 2 heteroatoms. The topological polar surface area (TPSA) is 29.3 Å². The fourth-order valence-electron chi connectivity index (χ4n) is 2.02. The lowest BCUT2D eigenvalue weighted by Gasteiger charge is -2.18. The fraction of sp³-hybridized carbons (Fsp3) is 0.500. The van der Waals surface area contributed by atoms with Crippen molar-refractivity contribution in [2.75, 3.05) is 24.5 Å². The fourth-order valence-corrected chi connectivity index (χ4v) is 2.02. The average Bonchev–Trinajstić information content (AvgIpc) is 2.67. The maximum atomic E-state index is 5.67.